The first kappa shape index (κ1) is 23.7. The SMILES string of the molecule is C[C@H](CN(Cc1ccccc1)C(=O)OC(C)(C)C)NS(=O)(=O)c1ccc2cnccc2c1. The molecule has 1 atom stereocenters. The third kappa shape index (κ3) is 6.51. The van der Waals surface area contributed by atoms with Crippen LogP contribution in [0.15, 0.2) is 71.9 Å². The average molecular weight is 456 g/mol. The first-order valence-electron chi connectivity index (χ1n) is 10.4. The minimum Gasteiger partial charge on any atom is -0.444 e. The van der Waals surface area contributed by atoms with Crippen molar-refractivity contribution in [2.75, 3.05) is 6.54 Å². The number of hydrogen-bond donors (Lipinski definition) is 1. The summed E-state index contributed by atoms with van der Waals surface area (Å²) in [6.45, 7) is 7.59. The van der Waals surface area contributed by atoms with Gasteiger partial charge in [-0.15, -0.1) is 0 Å². The summed E-state index contributed by atoms with van der Waals surface area (Å²) < 4.78 is 34.1. The van der Waals surface area contributed by atoms with Gasteiger partial charge in [-0.1, -0.05) is 36.4 Å². The van der Waals surface area contributed by atoms with E-state index in [-0.39, 0.29) is 11.4 Å². The molecule has 0 aliphatic carbocycles. The number of nitrogens with zero attached hydrogens (tertiary/aromatic N) is 2. The van der Waals surface area contributed by atoms with Crippen LogP contribution in [0.3, 0.4) is 0 Å². The first-order valence-corrected chi connectivity index (χ1v) is 11.9. The van der Waals surface area contributed by atoms with Crippen LogP contribution in [-0.2, 0) is 21.3 Å². The number of hydrogen-bond acceptors (Lipinski definition) is 5. The summed E-state index contributed by atoms with van der Waals surface area (Å²) in [6, 6.07) is 15.6. The molecule has 0 spiro atoms. The van der Waals surface area contributed by atoms with E-state index in [1.54, 1.807) is 64.4 Å². The minimum atomic E-state index is -3.78. The van der Waals surface area contributed by atoms with Gasteiger partial charge >= 0.3 is 6.09 Å². The van der Waals surface area contributed by atoms with E-state index in [1.807, 2.05) is 30.3 Å². The van der Waals surface area contributed by atoms with Crippen molar-refractivity contribution in [3.63, 3.8) is 0 Å². The lowest BCUT2D eigenvalue weighted by molar-refractivity contribution is 0.0222. The highest BCUT2D eigenvalue weighted by atomic mass is 32.2. The number of ether oxygens (including phenoxy) is 1. The zero-order valence-electron chi connectivity index (χ0n) is 18.8. The van der Waals surface area contributed by atoms with Crippen LogP contribution in [0.5, 0.6) is 0 Å². The molecule has 0 saturated heterocycles. The Morgan fingerprint density at radius 3 is 2.50 bits per heavy atom. The molecule has 0 fully saturated rings. The van der Waals surface area contributed by atoms with Crippen molar-refractivity contribution in [2.45, 2.75) is 50.8 Å². The normalized spacial score (nSPS) is 13.0. The van der Waals surface area contributed by atoms with Gasteiger partial charge in [-0.25, -0.2) is 17.9 Å². The molecule has 1 amide bonds. The quantitative estimate of drug-likeness (QED) is 0.573. The fourth-order valence-corrected chi connectivity index (χ4v) is 4.53. The van der Waals surface area contributed by atoms with E-state index in [1.165, 1.54) is 4.90 Å². The second-order valence-corrected chi connectivity index (χ2v) is 10.5. The predicted octanol–water partition coefficient (Wildman–Crippen LogP) is 4.34. The Morgan fingerprint density at radius 1 is 1.09 bits per heavy atom. The summed E-state index contributed by atoms with van der Waals surface area (Å²) in [5, 5.41) is 1.65. The Bertz CT molecular complexity index is 1170. The topological polar surface area (TPSA) is 88.6 Å². The summed E-state index contributed by atoms with van der Waals surface area (Å²) in [5.74, 6) is 0. The number of carbonyl (C=O) groups is 1. The molecule has 32 heavy (non-hydrogen) atoms. The number of fused-ring (bicyclic) bond motifs is 1. The van der Waals surface area contributed by atoms with Gasteiger partial charge in [-0.2, -0.15) is 0 Å². The summed E-state index contributed by atoms with van der Waals surface area (Å²) in [4.78, 5) is 18.5. The maximum Gasteiger partial charge on any atom is 0.410 e. The summed E-state index contributed by atoms with van der Waals surface area (Å²) in [6.07, 6.45) is 2.81. The van der Waals surface area contributed by atoms with E-state index in [0.717, 1.165) is 16.3 Å². The number of sulfonamides is 1. The molecule has 0 saturated carbocycles. The molecular weight excluding hydrogens is 426 g/mol. The van der Waals surface area contributed by atoms with Gasteiger partial charge in [0.05, 0.1) is 4.90 Å². The van der Waals surface area contributed by atoms with Gasteiger partial charge in [-0.05, 0) is 56.8 Å². The van der Waals surface area contributed by atoms with Crippen LogP contribution >= 0.6 is 0 Å². The van der Waals surface area contributed by atoms with E-state index in [0.29, 0.717) is 6.54 Å². The van der Waals surface area contributed by atoms with Gasteiger partial charge in [0.2, 0.25) is 10.0 Å². The van der Waals surface area contributed by atoms with Crippen molar-refractivity contribution in [3.8, 4) is 0 Å². The van der Waals surface area contributed by atoms with Crippen LogP contribution in [0.1, 0.15) is 33.3 Å². The van der Waals surface area contributed by atoms with E-state index in [4.69, 9.17) is 4.74 Å². The smallest absolute Gasteiger partial charge is 0.410 e. The van der Waals surface area contributed by atoms with Crippen molar-refractivity contribution in [3.05, 3.63) is 72.6 Å². The lowest BCUT2D eigenvalue weighted by atomic mass is 10.2. The zero-order valence-corrected chi connectivity index (χ0v) is 19.6. The number of aromatic nitrogens is 1. The number of amides is 1. The summed E-state index contributed by atoms with van der Waals surface area (Å²) in [5.41, 5.74) is 0.269. The van der Waals surface area contributed by atoms with E-state index in [9.17, 15) is 13.2 Å². The standard InChI is InChI=1S/C24H29N3O4S/c1-18(26-32(29,30)22-11-10-21-15-25-13-12-20(21)14-22)16-27(23(28)31-24(2,3)4)17-19-8-6-5-7-9-19/h5-15,18,26H,16-17H2,1-4H3/t18-/m1/s1. The van der Waals surface area contributed by atoms with E-state index < -0.39 is 27.8 Å². The molecule has 0 radical (unpaired) electrons. The lowest BCUT2D eigenvalue weighted by Crippen LogP contribution is -2.45. The van der Waals surface area contributed by atoms with Crippen LogP contribution in [0, 0.1) is 0 Å². The maximum absolute atomic E-state index is 13.0. The van der Waals surface area contributed by atoms with Gasteiger partial charge in [0, 0.05) is 36.9 Å². The number of pyridine rings is 1. The fraction of sp³-hybridized carbons (Fsp3) is 0.333. The van der Waals surface area contributed by atoms with Crippen LogP contribution < -0.4 is 4.72 Å². The molecule has 8 heteroatoms. The molecule has 0 unspecified atom stereocenters. The Morgan fingerprint density at radius 2 is 1.81 bits per heavy atom. The van der Waals surface area contributed by atoms with Crippen molar-refractivity contribution >= 4 is 26.9 Å². The van der Waals surface area contributed by atoms with E-state index >= 15 is 0 Å². The number of rotatable bonds is 7. The van der Waals surface area contributed by atoms with Crippen LogP contribution in [0.4, 0.5) is 4.79 Å². The Balaban J connectivity index is 1.76. The van der Waals surface area contributed by atoms with Gasteiger partial charge in [0.25, 0.3) is 0 Å². The van der Waals surface area contributed by atoms with Gasteiger partial charge in [0.1, 0.15) is 5.60 Å². The molecule has 0 aliphatic heterocycles. The van der Waals surface area contributed by atoms with Crippen LogP contribution in [0.2, 0.25) is 0 Å². The highest BCUT2D eigenvalue weighted by molar-refractivity contribution is 7.89. The molecule has 3 rings (SSSR count). The molecular formula is C24H29N3O4S. The molecule has 7 nitrogen and oxygen atoms in total. The number of carbonyl (C=O) groups excluding carboxylic acids is 1. The minimum absolute atomic E-state index is 0.153. The van der Waals surface area contributed by atoms with Crippen molar-refractivity contribution < 1.29 is 17.9 Å². The van der Waals surface area contributed by atoms with Gasteiger partial charge in [-0.3, -0.25) is 4.98 Å². The van der Waals surface area contributed by atoms with Crippen molar-refractivity contribution in [1.82, 2.24) is 14.6 Å². The predicted molar refractivity (Wildman–Crippen MR) is 125 cm³/mol. The molecule has 2 aromatic carbocycles. The molecule has 1 heterocycles. The summed E-state index contributed by atoms with van der Waals surface area (Å²) in [7, 11) is -3.78. The third-order valence-corrected chi connectivity index (χ3v) is 6.23. The Kier molecular flexibility index (Phi) is 7.16. The largest absolute Gasteiger partial charge is 0.444 e. The van der Waals surface area contributed by atoms with Gasteiger partial charge < -0.3 is 9.64 Å². The molecule has 170 valence electrons. The number of benzene rings is 2. The summed E-state index contributed by atoms with van der Waals surface area (Å²) >= 11 is 0. The van der Waals surface area contributed by atoms with Crippen molar-refractivity contribution in [2.24, 2.45) is 0 Å². The Hall–Kier alpha value is -2.97. The molecule has 0 aliphatic rings. The second-order valence-electron chi connectivity index (χ2n) is 8.75. The van der Waals surface area contributed by atoms with Crippen molar-refractivity contribution in [1.29, 1.82) is 0 Å². The molecule has 3 aromatic rings. The monoisotopic (exact) mass is 455 g/mol. The number of nitrogens with one attached hydrogen (secondary N) is 1. The Labute approximate surface area is 189 Å². The second kappa shape index (κ2) is 9.67. The maximum atomic E-state index is 13.0. The lowest BCUT2D eigenvalue weighted by Gasteiger charge is -2.29. The van der Waals surface area contributed by atoms with Gasteiger partial charge in [0.15, 0.2) is 0 Å². The highest BCUT2D eigenvalue weighted by Gasteiger charge is 2.26. The molecule has 1 aromatic heterocycles. The highest BCUT2D eigenvalue weighted by Crippen LogP contribution is 2.19. The third-order valence-electron chi connectivity index (χ3n) is 4.64. The fourth-order valence-electron chi connectivity index (χ4n) is 3.26. The van der Waals surface area contributed by atoms with Crippen LogP contribution in [0.25, 0.3) is 10.8 Å². The molecule has 0 bridgehead atoms. The average Bonchev–Trinajstić information content (AvgIpc) is 2.72. The van der Waals surface area contributed by atoms with E-state index in [2.05, 4.69) is 9.71 Å². The first-order chi connectivity index (χ1) is 15.0. The van der Waals surface area contributed by atoms with Crippen LogP contribution in [-0.4, -0.2) is 42.6 Å². The molecule has 1 N–H and O–H groups in total. The zero-order chi connectivity index (χ0) is 23.4.